The summed E-state index contributed by atoms with van der Waals surface area (Å²) in [5.41, 5.74) is 4.34. The molecule has 0 saturated carbocycles. The van der Waals surface area contributed by atoms with Crippen LogP contribution in [0.1, 0.15) is 23.6 Å². The first kappa shape index (κ1) is 24.1. The topological polar surface area (TPSA) is 111 Å². The Hall–Kier alpha value is -2.58. The molecule has 2 aromatic rings. The maximum absolute atomic E-state index is 12.4. The van der Waals surface area contributed by atoms with E-state index in [9.17, 15) is 14.1 Å². The highest BCUT2D eigenvalue weighted by molar-refractivity contribution is 7.83. The highest BCUT2D eigenvalue weighted by atomic mass is 32.2. The van der Waals surface area contributed by atoms with Gasteiger partial charge in [0.25, 0.3) is 5.91 Å². The third-order valence-corrected chi connectivity index (χ3v) is 6.16. The SMILES string of the molecule is C[C@@H](O)[C@H](NS(=O)c1ccc(C#Cc2ccc(CN3CCOCC3)cc2)cc1)C(=O)NO. The number of carbonyl (C=O) groups is 1. The van der Waals surface area contributed by atoms with E-state index in [0.717, 1.165) is 44.0 Å². The molecule has 3 atom stereocenters. The Morgan fingerprint density at radius 1 is 1.09 bits per heavy atom. The second-order valence-electron chi connectivity index (χ2n) is 7.44. The summed E-state index contributed by atoms with van der Waals surface area (Å²) in [5, 5.41) is 18.4. The summed E-state index contributed by atoms with van der Waals surface area (Å²) in [7, 11) is -1.75. The molecule has 0 spiro atoms. The molecule has 0 aromatic heterocycles. The average molecular weight is 458 g/mol. The highest BCUT2D eigenvalue weighted by Gasteiger charge is 2.25. The lowest BCUT2D eigenvalue weighted by Gasteiger charge is -2.26. The molecule has 0 aliphatic carbocycles. The van der Waals surface area contributed by atoms with Crippen LogP contribution in [0.5, 0.6) is 0 Å². The van der Waals surface area contributed by atoms with Crippen molar-refractivity contribution in [3.8, 4) is 11.8 Å². The number of amides is 1. The van der Waals surface area contributed by atoms with E-state index in [1.807, 2.05) is 12.1 Å². The summed E-state index contributed by atoms with van der Waals surface area (Å²) in [6, 6.07) is 13.7. The standard InChI is InChI=1S/C23H27N3O5S/c1-17(27)22(23(28)24-29)25-32(30)21-10-8-19(9-11-21)3-2-18-4-6-20(7-5-18)16-26-12-14-31-15-13-26/h4-11,17,22,25,27,29H,12-16H2,1H3,(H,24,28)/t17-,22+,32?/m1/s1. The molecule has 1 fully saturated rings. The third kappa shape index (κ3) is 6.97. The van der Waals surface area contributed by atoms with Crippen molar-refractivity contribution in [3.63, 3.8) is 0 Å². The number of aliphatic hydroxyl groups is 1. The normalized spacial score (nSPS) is 17.0. The van der Waals surface area contributed by atoms with Crippen LogP contribution in [0.25, 0.3) is 0 Å². The molecular weight excluding hydrogens is 430 g/mol. The first-order valence-electron chi connectivity index (χ1n) is 10.3. The number of hydroxylamine groups is 1. The van der Waals surface area contributed by atoms with Gasteiger partial charge in [-0.1, -0.05) is 24.0 Å². The molecule has 3 rings (SSSR count). The maximum atomic E-state index is 12.4. The van der Waals surface area contributed by atoms with Crippen LogP contribution in [0.4, 0.5) is 0 Å². The van der Waals surface area contributed by atoms with Crippen molar-refractivity contribution in [3.05, 3.63) is 65.2 Å². The van der Waals surface area contributed by atoms with Crippen LogP contribution < -0.4 is 10.2 Å². The van der Waals surface area contributed by atoms with E-state index >= 15 is 0 Å². The Kier molecular flexibility index (Phi) is 8.93. The molecule has 1 amide bonds. The average Bonchev–Trinajstić information content (AvgIpc) is 2.82. The van der Waals surface area contributed by atoms with Crippen LogP contribution in [0, 0.1) is 11.8 Å². The van der Waals surface area contributed by atoms with Crippen molar-refractivity contribution >= 4 is 16.9 Å². The molecule has 1 unspecified atom stereocenters. The van der Waals surface area contributed by atoms with Crippen LogP contribution in [0.2, 0.25) is 0 Å². The van der Waals surface area contributed by atoms with Gasteiger partial charge < -0.3 is 9.84 Å². The third-order valence-electron chi connectivity index (χ3n) is 4.99. The second kappa shape index (κ2) is 11.9. The lowest BCUT2D eigenvalue weighted by Crippen LogP contribution is -2.50. The van der Waals surface area contributed by atoms with Gasteiger partial charge in [0.15, 0.2) is 0 Å². The highest BCUT2D eigenvalue weighted by Crippen LogP contribution is 2.11. The molecule has 1 aliphatic heterocycles. The molecule has 0 bridgehead atoms. The lowest BCUT2D eigenvalue weighted by molar-refractivity contribution is -0.133. The van der Waals surface area contributed by atoms with Gasteiger partial charge in [0.2, 0.25) is 0 Å². The smallest absolute Gasteiger partial charge is 0.264 e. The lowest BCUT2D eigenvalue weighted by atomic mass is 10.1. The maximum Gasteiger partial charge on any atom is 0.264 e. The molecule has 0 radical (unpaired) electrons. The van der Waals surface area contributed by atoms with Crippen LogP contribution in [-0.2, 0) is 27.1 Å². The van der Waals surface area contributed by atoms with Gasteiger partial charge >= 0.3 is 0 Å². The van der Waals surface area contributed by atoms with Gasteiger partial charge in [0, 0.05) is 30.8 Å². The van der Waals surface area contributed by atoms with Gasteiger partial charge in [-0.15, -0.1) is 0 Å². The molecule has 9 heteroatoms. The summed E-state index contributed by atoms with van der Waals surface area (Å²) in [6.45, 7) is 5.73. The zero-order valence-electron chi connectivity index (χ0n) is 17.8. The number of hydrogen-bond acceptors (Lipinski definition) is 6. The molecule has 1 saturated heterocycles. The first-order valence-corrected chi connectivity index (χ1v) is 11.4. The van der Waals surface area contributed by atoms with E-state index < -0.39 is 29.0 Å². The van der Waals surface area contributed by atoms with E-state index in [4.69, 9.17) is 9.94 Å². The number of benzene rings is 2. The molecule has 1 heterocycles. The number of ether oxygens (including phenoxy) is 1. The largest absolute Gasteiger partial charge is 0.391 e. The fourth-order valence-electron chi connectivity index (χ4n) is 3.14. The Labute approximate surface area is 190 Å². The number of nitrogens with zero attached hydrogens (tertiary/aromatic N) is 1. The Bertz CT molecular complexity index is 977. The second-order valence-corrected chi connectivity index (χ2v) is 8.69. The summed E-state index contributed by atoms with van der Waals surface area (Å²) in [6.07, 6.45) is -1.14. The zero-order chi connectivity index (χ0) is 22.9. The van der Waals surface area contributed by atoms with Crippen molar-refractivity contribution in [1.29, 1.82) is 0 Å². The molecular formula is C23H27N3O5S. The summed E-state index contributed by atoms with van der Waals surface area (Å²) >= 11 is 0. The Morgan fingerprint density at radius 2 is 1.66 bits per heavy atom. The van der Waals surface area contributed by atoms with Gasteiger partial charge in [-0.3, -0.25) is 14.9 Å². The fourth-order valence-corrected chi connectivity index (χ4v) is 4.20. The minimum absolute atomic E-state index is 0.416. The van der Waals surface area contributed by atoms with Crippen molar-refractivity contribution in [1.82, 2.24) is 15.1 Å². The Morgan fingerprint density at radius 3 is 2.19 bits per heavy atom. The molecule has 1 aliphatic rings. The van der Waals surface area contributed by atoms with Gasteiger partial charge in [0.1, 0.15) is 17.0 Å². The first-order chi connectivity index (χ1) is 15.5. The summed E-state index contributed by atoms with van der Waals surface area (Å²) < 4.78 is 20.3. The van der Waals surface area contributed by atoms with E-state index in [1.54, 1.807) is 24.3 Å². The van der Waals surface area contributed by atoms with E-state index in [-0.39, 0.29) is 0 Å². The van der Waals surface area contributed by atoms with Crippen LogP contribution in [0.15, 0.2) is 53.4 Å². The fraction of sp³-hybridized carbons (Fsp3) is 0.348. The van der Waals surface area contributed by atoms with E-state index in [1.165, 1.54) is 18.0 Å². The van der Waals surface area contributed by atoms with Crippen molar-refractivity contribution in [2.24, 2.45) is 0 Å². The van der Waals surface area contributed by atoms with Crippen LogP contribution in [-0.4, -0.2) is 63.8 Å². The number of carbonyl (C=O) groups excluding carboxylic acids is 1. The van der Waals surface area contributed by atoms with E-state index in [2.05, 4.69) is 33.6 Å². The zero-order valence-corrected chi connectivity index (χ0v) is 18.6. The van der Waals surface area contributed by atoms with Gasteiger partial charge in [0.05, 0.1) is 24.2 Å². The van der Waals surface area contributed by atoms with Gasteiger partial charge in [-0.25, -0.2) is 14.4 Å². The summed E-state index contributed by atoms with van der Waals surface area (Å²) in [4.78, 5) is 14.4. The number of hydrogen-bond donors (Lipinski definition) is 4. The molecule has 2 aromatic carbocycles. The number of rotatable bonds is 7. The van der Waals surface area contributed by atoms with Crippen LogP contribution >= 0.6 is 0 Å². The van der Waals surface area contributed by atoms with Crippen LogP contribution in [0.3, 0.4) is 0 Å². The van der Waals surface area contributed by atoms with Gasteiger partial charge in [-0.05, 0) is 48.9 Å². The van der Waals surface area contributed by atoms with Gasteiger partial charge in [-0.2, -0.15) is 0 Å². The molecule has 4 N–H and O–H groups in total. The predicted octanol–water partition coefficient (Wildman–Crippen LogP) is 0.786. The Balaban J connectivity index is 1.58. The summed E-state index contributed by atoms with van der Waals surface area (Å²) in [5.74, 6) is 5.33. The number of nitrogens with one attached hydrogen (secondary N) is 2. The monoisotopic (exact) mass is 457 g/mol. The van der Waals surface area contributed by atoms with Crippen molar-refractivity contribution < 1.29 is 24.1 Å². The predicted molar refractivity (Wildman–Crippen MR) is 120 cm³/mol. The molecule has 32 heavy (non-hydrogen) atoms. The molecule has 170 valence electrons. The van der Waals surface area contributed by atoms with Crippen molar-refractivity contribution in [2.75, 3.05) is 26.3 Å². The number of aliphatic hydroxyl groups excluding tert-OH is 1. The van der Waals surface area contributed by atoms with Crippen molar-refractivity contribution in [2.45, 2.75) is 30.5 Å². The minimum atomic E-state index is -1.75. The molecule has 8 nitrogen and oxygen atoms in total. The minimum Gasteiger partial charge on any atom is -0.391 e. The number of morpholine rings is 1. The van der Waals surface area contributed by atoms with E-state index in [0.29, 0.717) is 4.90 Å². The quantitative estimate of drug-likeness (QED) is 0.278.